The van der Waals surface area contributed by atoms with Crippen molar-refractivity contribution in [3.8, 4) is 5.75 Å². The summed E-state index contributed by atoms with van der Waals surface area (Å²) in [6, 6.07) is 15.1. The third-order valence-electron chi connectivity index (χ3n) is 9.74. The van der Waals surface area contributed by atoms with Crippen LogP contribution >= 0.6 is 0 Å². The quantitative estimate of drug-likeness (QED) is 0.274. The van der Waals surface area contributed by atoms with E-state index >= 15 is 0 Å². The number of piperidine rings is 1. The summed E-state index contributed by atoms with van der Waals surface area (Å²) in [5.74, 6) is 2.33. The molecule has 0 spiro atoms. The van der Waals surface area contributed by atoms with Crippen LogP contribution in [0.2, 0.25) is 0 Å². The van der Waals surface area contributed by atoms with Crippen LogP contribution in [0.3, 0.4) is 0 Å². The van der Waals surface area contributed by atoms with Crippen molar-refractivity contribution in [3.05, 3.63) is 59.2 Å². The summed E-state index contributed by atoms with van der Waals surface area (Å²) in [6.07, 6.45) is 0.918. The Morgan fingerprint density at radius 3 is 2.58 bits per heavy atom. The van der Waals surface area contributed by atoms with Crippen molar-refractivity contribution in [2.24, 2.45) is 23.7 Å². The van der Waals surface area contributed by atoms with Gasteiger partial charge in [-0.15, -0.1) is 0 Å². The first-order valence-electron chi connectivity index (χ1n) is 16.5. The number of nitrogens with one attached hydrogen (secondary N) is 2. The largest absolute Gasteiger partial charge is 0.490 e. The number of ether oxygens (including phenoxy) is 6. The van der Waals surface area contributed by atoms with Gasteiger partial charge in [-0.3, -0.25) is 4.79 Å². The molecule has 246 valence electrons. The van der Waals surface area contributed by atoms with E-state index in [-0.39, 0.29) is 29.8 Å². The Kier molecular flexibility index (Phi) is 11.2. The van der Waals surface area contributed by atoms with E-state index in [1.165, 1.54) is 5.56 Å². The number of hydrogen-bond acceptors (Lipinski definition) is 9. The highest BCUT2D eigenvalue weighted by atomic mass is 16.5. The van der Waals surface area contributed by atoms with E-state index in [1.807, 2.05) is 0 Å². The SMILES string of the molecule is COCCCN1CCOc2ccc(CO[C@H]3CNC[C@@H](CNC(=O)C4C5COC[C@H]54)[C@@H]3c3ccc(COCCOC)cc3)cc21. The van der Waals surface area contributed by atoms with Gasteiger partial charge in [0, 0.05) is 58.8 Å². The second-order valence-corrected chi connectivity index (χ2v) is 12.7. The van der Waals surface area contributed by atoms with Gasteiger partial charge in [0.2, 0.25) is 5.91 Å². The molecule has 4 aliphatic rings. The van der Waals surface area contributed by atoms with Crippen molar-refractivity contribution in [1.82, 2.24) is 10.6 Å². The lowest BCUT2D eigenvalue weighted by atomic mass is 9.78. The molecule has 2 unspecified atom stereocenters. The minimum atomic E-state index is -0.0525. The fourth-order valence-corrected chi connectivity index (χ4v) is 7.21. The highest BCUT2D eigenvalue weighted by Crippen LogP contribution is 2.50. The van der Waals surface area contributed by atoms with Crippen molar-refractivity contribution in [2.45, 2.75) is 31.7 Å². The molecule has 10 nitrogen and oxygen atoms in total. The van der Waals surface area contributed by atoms with Crippen molar-refractivity contribution in [1.29, 1.82) is 0 Å². The third kappa shape index (κ3) is 7.99. The number of methoxy groups -OCH3 is 2. The zero-order chi connectivity index (χ0) is 31.0. The van der Waals surface area contributed by atoms with Gasteiger partial charge in [0.05, 0.1) is 58.0 Å². The van der Waals surface area contributed by atoms with E-state index in [4.69, 9.17) is 28.4 Å². The Labute approximate surface area is 267 Å². The first-order valence-corrected chi connectivity index (χ1v) is 16.5. The Bertz CT molecular complexity index is 1230. The smallest absolute Gasteiger partial charge is 0.223 e. The average molecular weight is 624 g/mol. The molecule has 0 aromatic heterocycles. The van der Waals surface area contributed by atoms with Crippen LogP contribution in [0.4, 0.5) is 5.69 Å². The highest BCUT2D eigenvalue weighted by molar-refractivity contribution is 5.82. The molecular formula is C35H49N3O7. The molecule has 45 heavy (non-hydrogen) atoms. The van der Waals surface area contributed by atoms with Gasteiger partial charge in [0.1, 0.15) is 12.4 Å². The number of carbonyl (C=O) groups excluding carboxylic acids is 1. The Hall–Kier alpha value is -2.73. The minimum absolute atomic E-state index is 0.0525. The number of benzene rings is 2. The number of hydrogen-bond donors (Lipinski definition) is 2. The zero-order valence-electron chi connectivity index (χ0n) is 26.7. The lowest BCUT2D eigenvalue weighted by molar-refractivity contribution is -0.124. The molecule has 0 radical (unpaired) electrons. The summed E-state index contributed by atoms with van der Waals surface area (Å²) in [6.45, 7) is 9.04. The van der Waals surface area contributed by atoms with Crippen LogP contribution in [-0.4, -0.2) is 98.6 Å². The second kappa shape index (κ2) is 15.7. The van der Waals surface area contributed by atoms with Crippen LogP contribution in [0.5, 0.6) is 5.75 Å². The number of carbonyl (C=O) groups is 1. The fourth-order valence-electron chi connectivity index (χ4n) is 7.21. The van der Waals surface area contributed by atoms with E-state index in [0.29, 0.717) is 64.6 Å². The van der Waals surface area contributed by atoms with Gasteiger partial charge >= 0.3 is 0 Å². The summed E-state index contributed by atoms with van der Waals surface area (Å²) in [4.78, 5) is 15.4. The lowest BCUT2D eigenvalue weighted by Crippen LogP contribution is -2.50. The van der Waals surface area contributed by atoms with Crippen LogP contribution in [0, 0.1) is 23.7 Å². The maximum Gasteiger partial charge on any atom is 0.223 e. The van der Waals surface area contributed by atoms with Crippen LogP contribution < -0.4 is 20.3 Å². The average Bonchev–Trinajstić information content (AvgIpc) is 3.56. The molecular weight excluding hydrogens is 574 g/mol. The van der Waals surface area contributed by atoms with Gasteiger partial charge in [-0.2, -0.15) is 0 Å². The number of anilines is 1. The van der Waals surface area contributed by atoms with Crippen LogP contribution in [0.25, 0.3) is 0 Å². The van der Waals surface area contributed by atoms with Crippen molar-refractivity contribution >= 4 is 11.6 Å². The van der Waals surface area contributed by atoms with Crippen molar-refractivity contribution < 1.29 is 33.2 Å². The molecule has 6 rings (SSSR count). The summed E-state index contributed by atoms with van der Waals surface area (Å²) < 4.78 is 34.3. The number of fused-ring (bicyclic) bond motifs is 2. The molecule has 1 saturated carbocycles. The van der Waals surface area contributed by atoms with E-state index in [9.17, 15) is 4.79 Å². The van der Waals surface area contributed by atoms with Crippen molar-refractivity contribution in [3.63, 3.8) is 0 Å². The molecule has 0 bridgehead atoms. The molecule has 3 heterocycles. The molecule has 2 saturated heterocycles. The van der Waals surface area contributed by atoms with Crippen LogP contribution in [0.1, 0.15) is 29.0 Å². The minimum Gasteiger partial charge on any atom is -0.490 e. The van der Waals surface area contributed by atoms with Gasteiger partial charge < -0.3 is 44.0 Å². The maximum absolute atomic E-state index is 13.1. The number of nitrogens with zero attached hydrogens (tertiary/aromatic N) is 1. The first-order chi connectivity index (χ1) is 22.2. The third-order valence-corrected chi connectivity index (χ3v) is 9.74. The van der Waals surface area contributed by atoms with E-state index < -0.39 is 0 Å². The Morgan fingerprint density at radius 1 is 0.978 bits per heavy atom. The molecule has 2 aromatic rings. The van der Waals surface area contributed by atoms with Gasteiger partial charge in [-0.1, -0.05) is 30.3 Å². The summed E-state index contributed by atoms with van der Waals surface area (Å²) >= 11 is 0. The topological polar surface area (TPSA) is 99.8 Å². The van der Waals surface area contributed by atoms with Crippen LogP contribution in [0.15, 0.2) is 42.5 Å². The maximum atomic E-state index is 13.1. The lowest BCUT2D eigenvalue weighted by Gasteiger charge is -2.39. The molecule has 2 aromatic carbocycles. The van der Waals surface area contributed by atoms with Crippen LogP contribution in [-0.2, 0) is 41.7 Å². The number of rotatable bonds is 16. The fraction of sp³-hybridized carbons (Fsp3) is 0.629. The summed E-state index contributed by atoms with van der Waals surface area (Å²) in [5.41, 5.74) is 4.59. The van der Waals surface area contributed by atoms with Gasteiger partial charge in [-0.25, -0.2) is 0 Å². The molecule has 1 aliphatic carbocycles. The molecule has 3 fully saturated rings. The Morgan fingerprint density at radius 2 is 1.78 bits per heavy atom. The molecule has 6 atom stereocenters. The zero-order valence-corrected chi connectivity index (χ0v) is 26.7. The van der Waals surface area contributed by atoms with E-state index in [1.54, 1.807) is 14.2 Å². The molecule has 3 aliphatic heterocycles. The van der Waals surface area contributed by atoms with Crippen molar-refractivity contribution in [2.75, 3.05) is 91.5 Å². The monoisotopic (exact) mass is 623 g/mol. The molecule has 10 heteroatoms. The van der Waals surface area contributed by atoms with E-state index in [2.05, 4.69) is 58.0 Å². The summed E-state index contributed by atoms with van der Waals surface area (Å²) in [7, 11) is 3.42. The Balaban J connectivity index is 1.13. The standard InChI is InChI=1S/C35H49N3O7/c1-40-12-3-10-38-11-13-44-31-9-6-25(16-30(31)38)21-45-32-19-36-17-27(18-37-35(39)34-28-22-43-23-29(28)34)33(32)26-7-4-24(5-8-26)20-42-15-14-41-2/h4-9,16,27-29,32-34,36H,3,10-15,17-23H2,1-2H3,(H,37,39)/t27-,28+,29?,32-,33-,34?/m0/s1. The van der Waals surface area contributed by atoms with Gasteiger partial charge in [0.25, 0.3) is 0 Å². The van der Waals surface area contributed by atoms with Gasteiger partial charge in [0.15, 0.2) is 0 Å². The molecule has 1 amide bonds. The normalized spacial score (nSPS) is 27.0. The summed E-state index contributed by atoms with van der Waals surface area (Å²) in [5, 5.41) is 6.90. The predicted octanol–water partition coefficient (Wildman–Crippen LogP) is 2.98. The van der Waals surface area contributed by atoms with Gasteiger partial charge in [-0.05, 0) is 53.0 Å². The van der Waals surface area contributed by atoms with E-state index in [0.717, 1.165) is 61.8 Å². The second-order valence-electron chi connectivity index (χ2n) is 12.7. The number of amides is 1. The molecule has 2 N–H and O–H groups in total. The highest BCUT2D eigenvalue weighted by Gasteiger charge is 2.58. The predicted molar refractivity (Wildman–Crippen MR) is 171 cm³/mol. The first kappa shape index (κ1) is 32.2.